The molecule has 1 aliphatic heterocycles. The summed E-state index contributed by atoms with van der Waals surface area (Å²) in [4.78, 5) is 0. The average Bonchev–Trinajstić information content (AvgIpc) is 1.85. The van der Waals surface area contributed by atoms with Crippen LogP contribution in [0.5, 0.6) is 0 Å². The topological polar surface area (TPSA) is 44.5 Å². The van der Waals surface area contributed by atoms with Crippen LogP contribution in [0.3, 0.4) is 0 Å². The second-order valence-corrected chi connectivity index (χ2v) is 3.22. The Morgan fingerprint density at radius 1 is 1.25 bits per heavy atom. The van der Waals surface area contributed by atoms with Gasteiger partial charge in [0.15, 0.2) is 5.79 Å². The van der Waals surface area contributed by atoms with E-state index in [1.165, 1.54) is 0 Å². The third-order valence-electron chi connectivity index (χ3n) is 1.48. The van der Waals surface area contributed by atoms with Gasteiger partial charge in [0.1, 0.15) is 6.23 Å². The van der Waals surface area contributed by atoms with E-state index in [-0.39, 0.29) is 12.3 Å². The van der Waals surface area contributed by atoms with E-state index < -0.39 is 5.79 Å². The zero-order valence-electron chi connectivity index (χ0n) is 8.76. The minimum Gasteiger partial charge on any atom is -0.347 e. The standard InChI is InChI=1S/C7H15NO2.C2H6/c1-5-4-6(8)10-7(2,3)9-5;1-2/h5-6H,4,8H2,1-3H3;1-2H3. The summed E-state index contributed by atoms with van der Waals surface area (Å²) in [6.07, 6.45) is 0.821. The molecular formula is C9H21NO2. The van der Waals surface area contributed by atoms with Gasteiger partial charge in [0.05, 0.1) is 6.10 Å². The van der Waals surface area contributed by atoms with Gasteiger partial charge in [-0.05, 0) is 20.8 Å². The van der Waals surface area contributed by atoms with Gasteiger partial charge in [-0.2, -0.15) is 0 Å². The largest absolute Gasteiger partial charge is 0.347 e. The maximum atomic E-state index is 5.60. The van der Waals surface area contributed by atoms with Crippen molar-refractivity contribution in [3.63, 3.8) is 0 Å². The Labute approximate surface area is 75.2 Å². The van der Waals surface area contributed by atoms with E-state index in [0.717, 1.165) is 6.42 Å². The molecule has 74 valence electrons. The Hall–Kier alpha value is -0.120. The number of nitrogens with two attached hydrogens (primary N) is 1. The first-order chi connectivity index (χ1) is 5.49. The summed E-state index contributed by atoms with van der Waals surface area (Å²) < 4.78 is 10.7. The van der Waals surface area contributed by atoms with Gasteiger partial charge in [-0.15, -0.1) is 0 Å². The lowest BCUT2D eigenvalue weighted by atomic mass is 10.2. The van der Waals surface area contributed by atoms with Gasteiger partial charge in [-0.3, -0.25) is 0 Å². The summed E-state index contributed by atoms with van der Waals surface area (Å²) in [6, 6.07) is 0. The molecule has 0 aromatic rings. The molecule has 12 heavy (non-hydrogen) atoms. The summed E-state index contributed by atoms with van der Waals surface area (Å²) in [7, 11) is 0. The highest BCUT2D eigenvalue weighted by molar-refractivity contribution is 4.69. The van der Waals surface area contributed by atoms with Crippen LogP contribution in [0.2, 0.25) is 0 Å². The van der Waals surface area contributed by atoms with E-state index in [9.17, 15) is 0 Å². The predicted octanol–water partition coefficient (Wildman–Crippen LogP) is 1.86. The third kappa shape index (κ3) is 4.04. The van der Waals surface area contributed by atoms with Crippen LogP contribution in [0.15, 0.2) is 0 Å². The van der Waals surface area contributed by atoms with Crippen LogP contribution >= 0.6 is 0 Å². The third-order valence-corrected chi connectivity index (χ3v) is 1.48. The highest BCUT2D eigenvalue weighted by Gasteiger charge is 2.31. The first-order valence-electron chi connectivity index (χ1n) is 4.61. The van der Waals surface area contributed by atoms with Crippen molar-refractivity contribution < 1.29 is 9.47 Å². The molecule has 3 heteroatoms. The predicted molar refractivity (Wildman–Crippen MR) is 49.7 cm³/mol. The molecule has 1 heterocycles. The Bertz CT molecular complexity index is 114. The van der Waals surface area contributed by atoms with Crippen molar-refractivity contribution in [1.82, 2.24) is 0 Å². The molecule has 0 aromatic heterocycles. The molecule has 1 fully saturated rings. The van der Waals surface area contributed by atoms with Gasteiger partial charge >= 0.3 is 0 Å². The fourth-order valence-electron chi connectivity index (χ4n) is 1.30. The van der Waals surface area contributed by atoms with Crippen molar-refractivity contribution in [2.24, 2.45) is 5.73 Å². The smallest absolute Gasteiger partial charge is 0.165 e. The molecule has 1 rings (SSSR count). The van der Waals surface area contributed by atoms with E-state index in [1.54, 1.807) is 0 Å². The quantitative estimate of drug-likeness (QED) is 0.611. The van der Waals surface area contributed by atoms with Gasteiger partial charge in [0, 0.05) is 6.42 Å². The van der Waals surface area contributed by atoms with Gasteiger partial charge in [-0.1, -0.05) is 13.8 Å². The first kappa shape index (κ1) is 11.9. The van der Waals surface area contributed by atoms with Gasteiger partial charge < -0.3 is 15.2 Å². The monoisotopic (exact) mass is 175 g/mol. The molecule has 0 aliphatic carbocycles. The summed E-state index contributed by atoms with van der Waals surface area (Å²) in [5, 5.41) is 0. The lowest BCUT2D eigenvalue weighted by Gasteiger charge is -2.37. The zero-order chi connectivity index (χ0) is 9.78. The molecule has 0 spiro atoms. The van der Waals surface area contributed by atoms with Crippen LogP contribution < -0.4 is 5.73 Å². The summed E-state index contributed by atoms with van der Waals surface area (Å²) >= 11 is 0. The van der Waals surface area contributed by atoms with Crippen LogP contribution in [-0.4, -0.2) is 18.1 Å². The van der Waals surface area contributed by atoms with E-state index in [2.05, 4.69) is 0 Å². The second kappa shape index (κ2) is 4.80. The molecule has 0 bridgehead atoms. The number of hydrogen-bond donors (Lipinski definition) is 1. The lowest BCUT2D eigenvalue weighted by molar-refractivity contribution is -0.294. The Kier molecular flexibility index (Phi) is 4.75. The van der Waals surface area contributed by atoms with Gasteiger partial charge in [-0.25, -0.2) is 0 Å². The van der Waals surface area contributed by atoms with E-state index in [0.29, 0.717) is 0 Å². The number of ether oxygens (including phenoxy) is 2. The van der Waals surface area contributed by atoms with Gasteiger partial charge in [0.25, 0.3) is 0 Å². The van der Waals surface area contributed by atoms with Crippen molar-refractivity contribution in [1.29, 1.82) is 0 Å². The highest BCUT2D eigenvalue weighted by atomic mass is 16.7. The molecule has 0 radical (unpaired) electrons. The highest BCUT2D eigenvalue weighted by Crippen LogP contribution is 2.23. The minimum absolute atomic E-state index is 0.168. The summed E-state index contributed by atoms with van der Waals surface area (Å²) in [6.45, 7) is 9.76. The van der Waals surface area contributed by atoms with E-state index in [4.69, 9.17) is 15.2 Å². The molecule has 0 aromatic carbocycles. The molecule has 1 saturated heterocycles. The van der Waals surface area contributed by atoms with Crippen molar-refractivity contribution in [2.45, 2.75) is 59.2 Å². The minimum atomic E-state index is -0.503. The molecule has 2 unspecified atom stereocenters. The van der Waals surface area contributed by atoms with Crippen molar-refractivity contribution >= 4 is 0 Å². The SMILES string of the molecule is CC.CC1CC(N)OC(C)(C)O1. The Morgan fingerprint density at radius 2 is 1.75 bits per heavy atom. The fourth-order valence-corrected chi connectivity index (χ4v) is 1.30. The molecule has 2 atom stereocenters. The molecule has 3 nitrogen and oxygen atoms in total. The summed E-state index contributed by atoms with van der Waals surface area (Å²) in [5.74, 6) is -0.503. The van der Waals surface area contributed by atoms with Crippen LogP contribution in [0.4, 0.5) is 0 Å². The van der Waals surface area contributed by atoms with Crippen LogP contribution in [0, 0.1) is 0 Å². The van der Waals surface area contributed by atoms with E-state index >= 15 is 0 Å². The van der Waals surface area contributed by atoms with Crippen molar-refractivity contribution in [3.05, 3.63) is 0 Å². The number of rotatable bonds is 0. The number of hydrogen-bond acceptors (Lipinski definition) is 3. The molecule has 2 N–H and O–H groups in total. The molecule has 1 aliphatic rings. The maximum Gasteiger partial charge on any atom is 0.165 e. The molecule has 0 amide bonds. The lowest BCUT2D eigenvalue weighted by Crippen LogP contribution is -2.47. The fraction of sp³-hybridized carbons (Fsp3) is 1.00. The average molecular weight is 175 g/mol. The first-order valence-corrected chi connectivity index (χ1v) is 4.61. The Morgan fingerprint density at radius 3 is 2.08 bits per heavy atom. The van der Waals surface area contributed by atoms with E-state index in [1.807, 2.05) is 34.6 Å². The Balaban J connectivity index is 0.000000561. The maximum absolute atomic E-state index is 5.60. The normalized spacial score (nSPS) is 33.5. The second-order valence-electron chi connectivity index (χ2n) is 3.22. The summed E-state index contributed by atoms with van der Waals surface area (Å²) in [5.41, 5.74) is 5.60. The van der Waals surface area contributed by atoms with Crippen LogP contribution in [-0.2, 0) is 9.47 Å². The van der Waals surface area contributed by atoms with Crippen LogP contribution in [0.1, 0.15) is 41.0 Å². The molecule has 0 saturated carbocycles. The van der Waals surface area contributed by atoms with Gasteiger partial charge in [0.2, 0.25) is 0 Å². The van der Waals surface area contributed by atoms with Crippen molar-refractivity contribution in [2.75, 3.05) is 0 Å². The van der Waals surface area contributed by atoms with Crippen molar-refractivity contribution in [3.8, 4) is 0 Å². The molecular weight excluding hydrogens is 154 g/mol. The van der Waals surface area contributed by atoms with Crippen LogP contribution in [0.25, 0.3) is 0 Å². The zero-order valence-corrected chi connectivity index (χ0v) is 8.76.